The summed E-state index contributed by atoms with van der Waals surface area (Å²) in [5.74, 6) is -0.0259. The normalized spacial score (nSPS) is 13.7. The van der Waals surface area contributed by atoms with Gasteiger partial charge in [0.25, 0.3) is 5.91 Å². The molecule has 0 saturated carbocycles. The average Bonchev–Trinajstić information content (AvgIpc) is 2.98. The van der Waals surface area contributed by atoms with E-state index in [1.54, 1.807) is 11.3 Å². The fourth-order valence-electron chi connectivity index (χ4n) is 2.35. The molecule has 0 spiro atoms. The number of hydrogen-bond donors (Lipinski definition) is 2. The zero-order valence-corrected chi connectivity index (χ0v) is 11.3. The summed E-state index contributed by atoms with van der Waals surface area (Å²) in [5.41, 5.74) is 3.87. The molecule has 0 saturated heterocycles. The van der Waals surface area contributed by atoms with Crippen molar-refractivity contribution < 1.29 is 4.79 Å². The van der Waals surface area contributed by atoms with Crippen LogP contribution in [0.15, 0.2) is 6.07 Å². The summed E-state index contributed by atoms with van der Waals surface area (Å²) in [6.07, 6.45) is 3.46. The minimum atomic E-state index is -0.0259. The first-order valence-electron chi connectivity index (χ1n) is 6.09. The van der Waals surface area contributed by atoms with Crippen molar-refractivity contribution in [3.05, 3.63) is 32.8 Å². The smallest absolute Gasteiger partial charge is 0.265 e. The molecule has 2 N–H and O–H groups in total. The lowest BCUT2D eigenvalue weighted by molar-refractivity contribution is 0.103. The van der Waals surface area contributed by atoms with Crippen LogP contribution in [0, 0.1) is 13.8 Å². The van der Waals surface area contributed by atoms with Crippen LogP contribution in [0.2, 0.25) is 0 Å². The first kappa shape index (κ1) is 11.5. The van der Waals surface area contributed by atoms with Crippen LogP contribution in [0.5, 0.6) is 0 Å². The Balaban J connectivity index is 1.83. The summed E-state index contributed by atoms with van der Waals surface area (Å²) in [6, 6.07) is 2.03. The molecule has 0 fully saturated rings. The van der Waals surface area contributed by atoms with Gasteiger partial charge in [-0.25, -0.2) is 0 Å². The fourth-order valence-corrected chi connectivity index (χ4v) is 3.50. The molecule has 0 unspecified atom stereocenters. The number of hydrogen-bond acceptors (Lipinski definition) is 3. The van der Waals surface area contributed by atoms with Crippen LogP contribution in [0.25, 0.3) is 0 Å². The average molecular weight is 261 g/mol. The number of nitrogens with one attached hydrogen (secondary N) is 2. The maximum Gasteiger partial charge on any atom is 0.265 e. The molecule has 18 heavy (non-hydrogen) atoms. The second kappa shape index (κ2) is 4.24. The van der Waals surface area contributed by atoms with E-state index in [1.807, 2.05) is 19.9 Å². The van der Waals surface area contributed by atoms with Crippen LogP contribution in [0.3, 0.4) is 0 Å². The molecule has 0 aromatic carbocycles. The van der Waals surface area contributed by atoms with E-state index in [-0.39, 0.29) is 5.91 Å². The molecule has 2 aromatic heterocycles. The van der Waals surface area contributed by atoms with Crippen molar-refractivity contribution in [3.8, 4) is 0 Å². The van der Waals surface area contributed by atoms with E-state index >= 15 is 0 Å². The van der Waals surface area contributed by atoms with Crippen LogP contribution in [0.4, 0.5) is 5.69 Å². The predicted octanol–water partition coefficient (Wildman–Crippen LogP) is 2.83. The van der Waals surface area contributed by atoms with E-state index < -0.39 is 0 Å². The van der Waals surface area contributed by atoms with Crippen molar-refractivity contribution in [1.82, 2.24) is 10.2 Å². The fraction of sp³-hybridized carbons (Fsp3) is 0.385. The number of anilines is 1. The van der Waals surface area contributed by atoms with Crippen LogP contribution < -0.4 is 5.32 Å². The number of nitrogens with zero attached hydrogens (tertiary/aromatic N) is 1. The number of amides is 1. The standard InChI is InChI=1S/C13H15N3OS/c1-7-12(8(2)16-15-7)14-13(17)11-6-9-4-3-5-10(9)18-11/h6H,3-5H2,1-2H3,(H,14,17)(H,15,16). The third-order valence-corrected chi connectivity index (χ3v) is 4.57. The molecule has 0 aliphatic heterocycles. The molecule has 0 atom stereocenters. The van der Waals surface area contributed by atoms with Gasteiger partial charge in [-0.1, -0.05) is 0 Å². The number of aryl methyl sites for hydroxylation is 4. The van der Waals surface area contributed by atoms with Gasteiger partial charge < -0.3 is 5.32 Å². The maximum absolute atomic E-state index is 12.2. The predicted molar refractivity (Wildman–Crippen MR) is 72.4 cm³/mol. The highest BCUT2D eigenvalue weighted by Gasteiger charge is 2.19. The third-order valence-electron chi connectivity index (χ3n) is 3.34. The van der Waals surface area contributed by atoms with Gasteiger partial charge in [0.1, 0.15) is 0 Å². The van der Waals surface area contributed by atoms with E-state index in [2.05, 4.69) is 15.5 Å². The lowest BCUT2D eigenvalue weighted by atomic mass is 10.2. The van der Waals surface area contributed by atoms with Gasteiger partial charge >= 0.3 is 0 Å². The van der Waals surface area contributed by atoms with E-state index in [0.717, 1.165) is 34.8 Å². The molecule has 0 bridgehead atoms. The molecule has 1 aliphatic carbocycles. The molecule has 5 heteroatoms. The highest BCUT2D eigenvalue weighted by Crippen LogP contribution is 2.31. The molecule has 2 aromatic rings. The van der Waals surface area contributed by atoms with Crippen molar-refractivity contribution >= 4 is 22.9 Å². The zero-order chi connectivity index (χ0) is 12.7. The number of carbonyl (C=O) groups excluding carboxylic acids is 1. The van der Waals surface area contributed by atoms with E-state index in [1.165, 1.54) is 16.9 Å². The van der Waals surface area contributed by atoms with Gasteiger partial charge in [0.2, 0.25) is 0 Å². The number of aromatic amines is 1. The molecule has 1 amide bonds. The lowest BCUT2D eigenvalue weighted by Crippen LogP contribution is -2.11. The van der Waals surface area contributed by atoms with Crippen LogP contribution in [-0.2, 0) is 12.8 Å². The minimum absolute atomic E-state index is 0.0259. The number of H-pyrrole nitrogens is 1. The van der Waals surface area contributed by atoms with E-state index in [0.29, 0.717) is 0 Å². The Hall–Kier alpha value is -1.62. The van der Waals surface area contributed by atoms with Gasteiger partial charge in [0.05, 0.1) is 22.0 Å². The van der Waals surface area contributed by atoms with Crippen molar-refractivity contribution in [3.63, 3.8) is 0 Å². The van der Waals surface area contributed by atoms with Gasteiger partial charge in [0, 0.05) is 4.88 Å². The van der Waals surface area contributed by atoms with Gasteiger partial charge in [-0.2, -0.15) is 5.10 Å². The summed E-state index contributed by atoms with van der Waals surface area (Å²) in [7, 11) is 0. The van der Waals surface area contributed by atoms with Gasteiger partial charge in [-0.15, -0.1) is 11.3 Å². The number of carbonyl (C=O) groups is 1. The number of rotatable bonds is 2. The molecular weight excluding hydrogens is 246 g/mol. The Bertz CT molecular complexity index is 571. The lowest BCUT2D eigenvalue weighted by Gasteiger charge is -2.03. The summed E-state index contributed by atoms with van der Waals surface area (Å²) >= 11 is 1.62. The Kier molecular flexibility index (Phi) is 2.70. The van der Waals surface area contributed by atoms with Crippen molar-refractivity contribution in [2.45, 2.75) is 33.1 Å². The summed E-state index contributed by atoms with van der Waals surface area (Å²) in [5, 5.41) is 9.89. The Morgan fingerprint density at radius 3 is 2.94 bits per heavy atom. The van der Waals surface area contributed by atoms with Crippen molar-refractivity contribution in [1.29, 1.82) is 0 Å². The Morgan fingerprint density at radius 1 is 1.44 bits per heavy atom. The van der Waals surface area contributed by atoms with Crippen LogP contribution in [0.1, 0.15) is 37.9 Å². The van der Waals surface area contributed by atoms with E-state index in [9.17, 15) is 4.79 Å². The minimum Gasteiger partial charge on any atom is -0.318 e. The van der Waals surface area contributed by atoms with Gasteiger partial charge in [0.15, 0.2) is 0 Å². The maximum atomic E-state index is 12.2. The first-order chi connectivity index (χ1) is 8.65. The summed E-state index contributed by atoms with van der Waals surface area (Å²) < 4.78 is 0. The summed E-state index contributed by atoms with van der Waals surface area (Å²) in [6.45, 7) is 3.79. The monoisotopic (exact) mass is 261 g/mol. The van der Waals surface area contributed by atoms with Gasteiger partial charge in [-0.3, -0.25) is 9.89 Å². The molecular formula is C13H15N3OS. The molecule has 2 heterocycles. The topological polar surface area (TPSA) is 57.8 Å². The Labute approximate surface area is 109 Å². The molecule has 4 nitrogen and oxygen atoms in total. The van der Waals surface area contributed by atoms with E-state index in [4.69, 9.17) is 0 Å². The SMILES string of the molecule is Cc1n[nH]c(C)c1NC(=O)c1cc2c(s1)CCC2. The van der Waals surface area contributed by atoms with Crippen LogP contribution in [-0.4, -0.2) is 16.1 Å². The van der Waals surface area contributed by atoms with Crippen molar-refractivity contribution in [2.24, 2.45) is 0 Å². The van der Waals surface area contributed by atoms with Crippen LogP contribution >= 0.6 is 11.3 Å². The third kappa shape index (κ3) is 1.84. The summed E-state index contributed by atoms with van der Waals surface area (Å²) in [4.78, 5) is 14.4. The molecule has 1 aliphatic rings. The second-order valence-electron chi connectivity index (χ2n) is 4.68. The second-order valence-corrected chi connectivity index (χ2v) is 5.81. The quantitative estimate of drug-likeness (QED) is 0.873. The molecule has 0 radical (unpaired) electrons. The first-order valence-corrected chi connectivity index (χ1v) is 6.91. The highest BCUT2D eigenvalue weighted by molar-refractivity contribution is 7.14. The van der Waals surface area contributed by atoms with Gasteiger partial charge in [-0.05, 0) is 44.7 Å². The number of thiophene rings is 1. The molecule has 3 rings (SSSR count). The number of fused-ring (bicyclic) bond motifs is 1. The Morgan fingerprint density at radius 2 is 2.28 bits per heavy atom. The van der Waals surface area contributed by atoms with Crippen molar-refractivity contribution in [2.75, 3.05) is 5.32 Å². The number of aromatic nitrogens is 2. The molecule has 94 valence electrons. The zero-order valence-electron chi connectivity index (χ0n) is 10.5. The highest BCUT2D eigenvalue weighted by atomic mass is 32.1. The largest absolute Gasteiger partial charge is 0.318 e.